The lowest BCUT2D eigenvalue weighted by Gasteiger charge is -2.17. The lowest BCUT2D eigenvalue weighted by molar-refractivity contribution is -0.119. The van der Waals surface area contributed by atoms with E-state index in [2.05, 4.69) is 29.6 Å². The van der Waals surface area contributed by atoms with E-state index >= 15 is 0 Å². The first-order valence-electron chi connectivity index (χ1n) is 8.41. The van der Waals surface area contributed by atoms with E-state index in [0.717, 1.165) is 11.1 Å². The molecule has 27 heavy (non-hydrogen) atoms. The van der Waals surface area contributed by atoms with E-state index in [1.54, 1.807) is 6.92 Å². The summed E-state index contributed by atoms with van der Waals surface area (Å²) in [6.45, 7) is 2.03. The summed E-state index contributed by atoms with van der Waals surface area (Å²) in [6, 6.07) is 15.7. The number of ketones is 1. The van der Waals surface area contributed by atoms with Crippen molar-refractivity contribution in [1.29, 1.82) is 0 Å². The Balaban J connectivity index is 0.00000131. The third-order valence-corrected chi connectivity index (χ3v) is 4.92. The van der Waals surface area contributed by atoms with Gasteiger partial charge in [-0.25, -0.2) is 4.79 Å². The predicted octanol–water partition coefficient (Wildman–Crippen LogP) is 4.15. The Hall–Kier alpha value is -2.66. The van der Waals surface area contributed by atoms with Gasteiger partial charge in [0.2, 0.25) is 0 Å². The van der Waals surface area contributed by atoms with Crippen LogP contribution >= 0.6 is 0 Å². The van der Waals surface area contributed by atoms with Crippen LogP contribution in [0.2, 0.25) is 0 Å². The van der Waals surface area contributed by atoms with Crippen LogP contribution in [0.15, 0.2) is 48.5 Å². The van der Waals surface area contributed by atoms with Crippen LogP contribution in [0, 0.1) is 0 Å². The molecule has 1 amide bonds. The maximum absolute atomic E-state index is 12.1. The second-order valence-electron chi connectivity index (χ2n) is 6.43. The molecule has 0 spiro atoms. The van der Waals surface area contributed by atoms with Crippen molar-refractivity contribution in [3.05, 3.63) is 59.7 Å². The number of hydrogen-bond donors (Lipinski definition) is 1. The van der Waals surface area contributed by atoms with Gasteiger partial charge in [0, 0.05) is 5.92 Å². The number of carbonyl (C=O) groups is 2. The van der Waals surface area contributed by atoms with E-state index < -0.39 is 12.1 Å². The number of fused-ring (bicyclic) bond motifs is 3. The molecule has 1 heterocycles. The molecule has 0 aromatic heterocycles. The number of benzene rings is 2. The smallest absolute Gasteiger partial charge is 0.407 e. The number of Topliss-reactive ketones (excluding diaryl/α,β-unsaturated/α-hetero) is 1. The Bertz CT molecular complexity index is 787. The van der Waals surface area contributed by atoms with Crippen LogP contribution in [0.4, 0.5) is 4.79 Å². The summed E-state index contributed by atoms with van der Waals surface area (Å²) in [6.07, 6.45) is -0.912. The monoisotopic (exact) mass is 369 g/mol. The number of amides is 1. The van der Waals surface area contributed by atoms with Crippen molar-refractivity contribution < 1.29 is 19.1 Å². The molecular formula is C22H27NO4. The van der Waals surface area contributed by atoms with E-state index in [1.165, 1.54) is 11.1 Å². The van der Waals surface area contributed by atoms with E-state index in [0.29, 0.717) is 0 Å². The average molecular weight is 369 g/mol. The number of carbonyl (C=O) groups excluding carboxylic acids is 2. The van der Waals surface area contributed by atoms with Gasteiger partial charge in [0.15, 0.2) is 5.78 Å². The molecule has 0 radical (unpaired) electrons. The highest BCUT2D eigenvalue weighted by molar-refractivity contribution is 5.90. The van der Waals surface area contributed by atoms with Crippen LogP contribution in [0.3, 0.4) is 0 Å². The van der Waals surface area contributed by atoms with E-state index in [4.69, 9.17) is 9.47 Å². The molecule has 1 aliphatic heterocycles. The summed E-state index contributed by atoms with van der Waals surface area (Å²) in [7, 11) is 0. The highest BCUT2D eigenvalue weighted by Gasteiger charge is 2.35. The maximum atomic E-state index is 12.1. The molecule has 2 aliphatic rings. The fourth-order valence-electron chi connectivity index (χ4n) is 3.63. The van der Waals surface area contributed by atoms with Gasteiger partial charge in [-0.3, -0.25) is 4.79 Å². The van der Waals surface area contributed by atoms with Gasteiger partial charge in [0.05, 0.1) is 6.10 Å². The van der Waals surface area contributed by atoms with E-state index in [1.807, 2.05) is 24.3 Å². The average Bonchev–Trinajstić information content (AvgIpc) is 3.12. The minimum Gasteiger partial charge on any atom is -0.449 e. The predicted molar refractivity (Wildman–Crippen MR) is 106 cm³/mol. The second-order valence-corrected chi connectivity index (χ2v) is 6.43. The zero-order chi connectivity index (χ0) is 17.4. The summed E-state index contributed by atoms with van der Waals surface area (Å²) in [5.74, 6) is -0.118. The number of alkyl carbamates (subject to hydrolysis) is 1. The number of nitrogens with one attached hydrogen (secondary N) is 1. The topological polar surface area (TPSA) is 64.6 Å². The molecule has 144 valence electrons. The summed E-state index contributed by atoms with van der Waals surface area (Å²) >= 11 is 0. The summed E-state index contributed by atoms with van der Waals surface area (Å²) < 4.78 is 10.7. The Morgan fingerprint density at radius 3 is 2.15 bits per heavy atom. The van der Waals surface area contributed by atoms with Crippen LogP contribution in [0.5, 0.6) is 0 Å². The van der Waals surface area contributed by atoms with E-state index in [9.17, 15) is 9.59 Å². The molecule has 5 heteroatoms. The lowest BCUT2D eigenvalue weighted by Crippen LogP contribution is -2.44. The highest BCUT2D eigenvalue weighted by atomic mass is 16.6. The van der Waals surface area contributed by atoms with Gasteiger partial charge in [0.25, 0.3) is 0 Å². The first kappa shape index (κ1) is 20.6. The largest absolute Gasteiger partial charge is 0.449 e. The van der Waals surface area contributed by atoms with Gasteiger partial charge in [-0.2, -0.15) is 0 Å². The second kappa shape index (κ2) is 8.35. The number of ether oxygens (including phenoxy) is 2. The quantitative estimate of drug-likeness (QED) is 0.883. The standard InChI is InChI=1S/C20H19NO4.2CH4/c1-12-19(18(22)11-24-12)21-20(23)25-10-17-15-8-4-2-6-13(15)14-7-3-5-9-16(14)17;;/h2-9,12,17,19H,10-11H2,1H3,(H,21,23);2*1H4/t12-,19-;;/m1../s1. The summed E-state index contributed by atoms with van der Waals surface area (Å²) in [5, 5.41) is 2.61. The molecule has 1 aliphatic carbocycles. The Kier molecular flexibility index (Phi) is 6.39. The third-order valence-electron chi connectivity index (χ3n) is 4.92. The van der Waals surface area contributed by atoms with Crippen molar-refractivity contribution in [3.8, 4) is 11.1 Å². The number of rotatable bonds is 3. The normalized spacial score (nSPS) is 20.1. The fraction of sp³-hybridized carbons (Fsp3) is 0.364. The Morgan fingerprint density at radius 1 is 1.07 bits per heavy atom. The Labute approximate surface area is 160 Å². The SMILES string of the molecule is C.C.C[C@H]1OCC(=O)[C@@H]1NC(=O)OCC1c2ccccc2-c2ccccc21. The molecule has 0 unspecified atom stereocenters. The molecule has 2 aromatic carbocycles. The molecule has 0 saturated carbocycles. The molecule has 0 bridgehead atoms. The van der Waals surface area contributed by atoms with Crippen molar-refractivity contribution in [3.63, 3.8) is 0 Å². The molecule has 2 atom stereocenters. The van der Waals surface area contributed by atoms with Gasteiger partial charge in [-0.1, -0.05) is 63.4 Å². The van der Waals surface area contributed by atoms with Crippen molar-refractivity contribution in [2.45, 2.75) is 39.8 Å². The molecule has 1 saturated heterocycles. The third kappa shape index (κ3) is 3.74. The van der Waals surface area contributed by atoms with Gasteiger partial charge in [-0.05, 0) is 29.2 Å². The van der Waals surface area contributed by atoms with E-state index in [-0.39, 0.29) is 45.9 Å². The molecule has 2 aromatic rings. The summed E-state index contributed by atoms with van der Waals surface area (Å²) in [4.78, 5) is 23.8. The molecule has 1 fully saturated rings. The van der Waals surface area contributed by atoms with Gasteiger partial charge < -0.3 is 14.8 Å². The van der Waals surface area contributed by atoms with Crippen molar-refractivity contribution in [2.24, 2.45) is 0 Å². The first-order valence-corrected chi connectivity index (χ1v) is 8.41. The van der Waals surface area contributed by atoms with Gasteiger partial charge >= 0.3 is 6.09 Å². The van der Waals surface area contributed by atoms with Crippen molar-refractivity contribution in [2.75, 3.05) is 13.2 Å². The zero-order valence-electron chi connectivity index (χ0n) is 13.9. The van der Waals surface area contributed by atoms with Gasteiger partial charge in [-0.15, -0.1) is 0 Å². The molecule has 4 rings (SSSR count). The van der Waals surface area contributed by atoms with Gasteiger partial charge in [0.1, 0.15) is 19.3 Å². The van der Waals surface area contributed by atoms with Crippen LogP contribution < -0.4 is 5.32 Å². The van der Waals surface area contributed by atoms with Crippen molar-refractivity contribution >= 4 is 11.9 Å². The highest BCUT2D eigenvalue weighted by Crippen LogP contribution is 2.44. The van der Waals surface area contributed by atoms with Crippen LogP contribution in [0.1, 0.15) is 38.8 Å². The number of hydrogen-bond acceptors (Lipinski definition) is 4. The lowest BCUT2D eigenvalue weighted by atomic mass is 9.98. The van der Waals surface area contributed by atoms with Crippen LogP contribution in [0.25, 0.3) is 11.1 Å². The molecular weight excluding hydrogens is 342 g/mol. The Morgan fingerprint density at radius 2 is 1.63 bits per heavy atom. The maximum Gasteiger partial charge on any atom is 0.407 e. The van der Waals surface area contributed by atoms with Crippen LogP contribution in [-0.4, -0.2) is 37.2 Å². The zero-order valence-corrected chi connectivity index (χ0v) is 13.9. The minimum atomic E-state index is -0.629. The minimum absolute atomic E-state index is 0. The fourth-order valence-corrected chi connectivity index (χ4v) is 3.63. The first-order chi connectivity index (χ1) is 12.1. The van der Waals surface area contributed by atoms with Crippen molar-refractivity contribution in [1.82, 2.24) is 5.32 Å². The molecule has 5 nitrogen and oxygen atoms in total. The van der Waals surface area contributed by atoms with Crippen LogP contribution in [-0.2, 0) is 14.3 Å². The molecule has 1 N–H and O–H groups in total. The summed E-state index contributed by atoms with van der Waals surface area (Å²) in [5.41, 5.74) is 4.68.